The average molecular weight is 262 g/mol. The standard InChI is InChI=1S/C12H17F3N2O/c1-2-7-18-8-11(17-16)9-3-5-10(6-4-9)12(13,14)15/h3-6,11,17H,2,7-8,16H2,1H3. The Bertz CT molecular complexity index is 351. The topological polar surface area (TPSA) is 47.3 Å². The van der Waals surface area contributed by atoms with Crippen LogP contribution < -0.4 is 11.3 Å². The van der Waals surface area contributed by atoms with E-state index in [1.165, 1.54) is 12.1 Å². The molecule has 0 aliphatic rings. The molecule has 1 aromatic carbocycles. The Morgan fingerprint density at radius 1 is 1.28 bits per heavy atom. The third-order valence-electron chi connectivity index (χ3n) is 2.47. The van der Waals surface area contributed by atoms with Gasteiger partial charge in [0, 0.05) is 6.61 Å². The smallest absolute Gasteiger partial charge is 0.379 e. The van der Waals surface area contributed by atoms with Gasteiger partial charge in [-0.05, 0) is 24.1 Å². The van der Waals surface area contributed by atoms with Crippen LogP contribution in [0.15, 0.2) is 24.3 Å². The van der Waals surface area contributed by atoms with Gasteiger partial charge in [0.1, 0.15) is 0 Å². The Hall–Kier alpha value is -1.11. The molecule has 3 N–H and O–H groups in total. The fourth-order valence-corrected chi connectivity index (χ4v) is 1.49. The second-order valence-electron chi connectivity index (χ2n) is 3.91. The van der Waals surface area contributed by atoms with Crippen molar-refractivity contribution in [2.45, 2.75) is 25.6 Å². The number of alkyl halides is 3. The summed E-state index contributed by atoms with van der Waals surface area (Å²) in [6, 6.07) is 4.59. The van der Waals surface area contributed by atoms with Crippen LogP contribution in [0.2, 0.25) is 0 Å². The van der Waals surface area contributed by atoms with Gasteiger partial charge >= 0.3 is 6.18 Å². The highest BCUT2D eigenvalue weighted by molar-refractivity contribution is 5.26. The molecule has 1 rings (SSSR count). The summed E-state index contributed by atoms with van der Waals surface area (Å²) in [7, 11) is 0. The monoisotopic (exact) mass is 262 g/mol. The number of hydrogen-bond donors (Lipinski definition) is 2. The molecule has 18 heavy (non-hydrogen) atoms. The SMILES string of the molecule is CCCOCC(NN)c1ccc(C(F)(F)F)cc1. The molecule has 1 atom stereocenters. The predicted octanol–water partition coefficient (Wildman–Crippen LogP) is 2.64. The lowest BCUT2D eigenvalue weighted by Crippen LogP contribution is -2.31. The molecule has 6 heteroatoms. The van der Waals surface area contributed by atoms with Crippen molar-refractivity contribution in [2.75, 3.05) is 13.2 Å². The van der Waals surface area contributed by atoms with E-state index in [9.17, 15) is 13.2 Å². The molecule has 0 saturated carbocycles. The largest absolute Gasteiger partial charge is 0.416 e. The van der Waals surface area contributed by atoms with Gasteiger partial charge in [-0.2, -0.15) is 13.2 Å². The van der Waals surface area contributed by atoms with E-state index >= 15 is 0 Å². The number of nitrogens with one attached hydrogen (secondary N) is 1. The van der Waals surface area contributed by atoms with Crippen molar-refractivity contribution < 1.29 is 17.9 Å². The highest BCUT2D eigenvalue weighted by atomic mass is 19.4. The van der Waals surface area contributed by atoms with E-state index in [0.717, 1.165) is 18.6 Å². The zero-order valence-corrected chi connectivity index (χ0v) is 10.1. The van der Waals surface area contributed by atoms with Gasteiger partial charge in [0.2, 0.25) is 0 Å². The zero-order chi connectivity index (χ0) is 13.6. The van der Waals surface area contributed by atoms with Crippen molar-refractivity contribution in [3.8, 4) is 0 Å². The molecular formula is C12H17F3N2O. The second kappa shape index (κ2) is 6.72. The average Bonchev–Trinajstić information content (AvgIpc) is 2.34. The molecule has 0 heterocycles. The van der Waals surface area contributed by atoms with Crippen LogP contribution in [-0.2, 0) is 10.9 Å². The molecule has 0 fully saturated rings. The minimum absolute atomic E-state index is 0.307. The Morgan fingerprint density at radius 2 is 1.89 bits per heavy atom. The first-order valence-corrected chi connectivity index (χ1v) is 5.70. The Kier molecular flexibility index (Phi) is 5.58. The van der Waals surface area contributed by atoms with E-state index in [1.807, 2.05) is 6.92 Å². The van der Waals surface area contributed by atoms with E-state index in [4.69, 9.17) is 10.6 Å². The molecule has 0 amide bonds. The number of rotatable bonds is 6. The molecule has 0 spiro atoms. The van der Waals surface area contributed by atoms with Gasteiger partial charge in [-0.1, -0.05) is 19.1 Å². The van der Waals surface area contributed by atoms with Crippen LogP contribution in [0.4, 0.5) is 13.2 Å². The highest BCUT2D eigenvalue weighted by Gasteiger charge is 2.30. The van der Waals surface area contributed by atoms with Crippen LogP contribution in [0.5, 0.6) is 0 Å². The Balaban J connectivity index is 2.69. The minimum Gasteiger partial charge on any atom is -0.379 e. The minimum atomic E-state index is -4.32. The molecule has 0 radical (unpaired) electrons. The van der Waals surface area contributed by atoms with Gasteiger partial charge in [0.15, 0.2) is 0 Å². The lowest BCUT2D eigenvalue weighted by atomic mass is 10.1. The summed E-state index contributed by atoms with van der Waals surface area (Å²) in [6.07, 6.45) is -3.44. The summed E-state index contributed by atoms with van der Waals surface area (Å²) in [5.41, 5.74) is 2.53. The summed E-state index contributed by atoms with van der Waals surface area (Å²) in [5.74, 6) is 5.36. The summed E-state index contributed by atoms with van der Waals surface area (Å²) in [5, 5.41) is 0. The number of hydrazine groups is 1. The van der Waals surface area contributed by atoms with Crippen LogP contribution in [0.3, 0.4) is 0 Å². The number of nitrogens with two attached hydrogens (primary N) is 1. The van der Waals surface area contributed by atoms with Crippen molar-refractivity contribution in [1.29, 1.82) is 0 Å². The van der Waals surface area contributed by atoms with Crippen molar-refractivity contribution in [2.24, 2.45) is 5.84 Å². The van der Waals surface area contributed by atoms with Crippen molar-refractivity contribution in [1.82, 2.24) is 5.43 Å². The predicted molar refractivity (Wildman–Crippen MR) is 62.6 cm³/mol. The second-order valence-corrected chi connectivity index (χ2v) is 3.91. The quantitative estimate of drug-likeness (QED) is 0.470. The highest BCUT2D eigenvalue weighted by Crippen LogP contribution is 2.29. The van der Waals surface area contributed by atoms with Crippen molar-refractivity contribution in [3.63, 3.8) is 0 Å². The number of ether oxygens (including phenoxy) is 1. The Labute approximate surface area is 104 Å². The molecule has 0 bridgehead atoms. The van der Waals surface area contributed by atoms with E-state index in [2.05, 4.69) is 5.43 Å². The van der Waals surface area contributed by atoms with Gasteiger partial charge in [0.25, 0.3) is 0 Å². The summed E-state index contributed by atoms with van der Waals surface area (Å²) in [6.45, 7) is 2.90. The molecule has 3 nitrogen and oxygen atoms in total. The normalized spacial score (nSPS) is 13.6. The molecule has 0 saturated heterocycles. The number of halogens is 3. The molecule has 102 valence electrons. The fourth-order valence-electron chi connectivity index (χ4n) is 1.49. The lowest BCUT2D eigenvalue weighted by molar-refractivity contribution is -0.137. The summed E-state index contributed by atoms with van der Waals surface area (Å²) < 4.78 is 42.5. The van der Waals surface area contributed by atoms with Gasteiger partial charge < -0.3 is 4.74 Å². The maximum atomic E-state index is 12.4. The maximum absolute atomic E-state index is 12.4. The zero-order valence-electron chi connectivity index (χ0n) is 10.1. The number of benzene rings is 1. The molecule has 0 aliphatic heterocycles. The fraction of sp³-hybridized carbons (Fsp3) is 0.500. The molecule has 1 aromatic rings. The van der Waals surface area contributed by atoms with Crippen LogP contribution >= 0.6 is 0 Å². The van der Waals surface area contributed by atoms with Crippen molar-refractivity contribution in [3.05, 3.63) is 35.4 Å². The summed E-state index contributed by atoms with van der Waals surface area (Å²) >= 11 is 0. The van der Waals surface area contributed by atoms with Crippen LogP contribution in [0, 0.1) is 0 Å². The van der Waals surface area contributed by atoms with E-state index in [1.54, 1.807) is 0 Å². The van der Waals surface area contributed by atoms with Crippen molar-refractivity contribution >= 4 is 0 Å². The molecule has 1 unspecified atom stereocenters. The maximum Gasteiger partial charge on any atom is 0.416 e. The third-order valence-corrected chi connectivity index (χ3v) is 2.47. The van der Waals surface area contributed by atoms with E-state index in [-0.39, 0.29) is 6.04 Å². The summed E-state index contributed by atoms with van der Waals surface area (Å²) in [4.78, 5) is 0. The van der Waals surface area contributed by atoms with Gasteiger partial charge in [-0.25, -0.2) is 0 Å². The van der Waals surface area contributed by atoms with E-state index < -0.39 is 11.7 Å². The van der Waals surface area contributed by atoms with E-state index in [0.29, 0.717) is 18.8 Å². The molecule has 0 aromatic heterocycles. The lowest BCUT2D eigenvalue weighted by Gasteiger charge is -2.17. The first-order chi connectivity index (χ1) is 8.49. The first-order valence-electron chi connectivity index (χ1n) is 5.70. The first kappa shape index (κ1) is 14.9. The van der Waals surface area contributed by atoms with Crippen LogP contribution in [-0.4, -0.2) is 13.2 Å². The van der Waals surface area contributed by atoms with Crippen LogP contribution in [0.1, 0.15) is 30.5 Å². The van der Waals surface area contributed by atoms with Gasteiger partial charge in [-0.15, -0.1) is 0 Å². The number of hydrogen-bond acceptors (Lipinski definition) is 3. The Morgan fingerprint density at radius 3 is 2.33 bits per heavy atom. The van der Waals surface area contributed by atoms with Crippen LogP contribution in [0.25, 0.3) is 0 Å². The molecule has 0 aliphatic carbocycles. The third kappa shape index (κ3) is 4.29. The van der Waals surface area contributed by atoms with Gasteiger partial charge in [-0.3, -0.25) is 11.3 Å². The van der Waals surface area contributed by atoms with Gasteiger partial charge in [0.05, 0.1) is 18.2 Å². The molecular weight excluding hydrogens is 245 g/mol.